The Balaban J connectivity index is 1.26. The van der Waals surface area contributed by atoms with E-state index in [1.165, 1.54) is 16.8 Å². The van der Waals surface area contributed by atoms with Crippen LogP contribution in [-0.2, 0) is 11.3 Å². The van der Waals surface area contributed by atoms with Gasteiger partial charge in [-0.25, -0.2) is 0 Å². The van der Waals surface area contributed by atoms with Crippen LogP contribution in [-0.4, -0.2) is 50.2 Å². The van der Waals surface area contributed by atoms with Gasteiger partial charge in [-0.15, -0.1) is 0 Å². The molecule has 10 heteroatoms. The number of methoxy groups -OCH3 is 1. The van der Waals surface area contributed by atoms with Gasteiger partial charge in [-0.2, -0.15) is 15.1 Å². The summed E-state index contributed by atoms with van der Waals surface area (Å²) in [6, 6.07) is 19.1. The number of thioether (sulfide) groups is 1. The summed E-state index contributed by atoms with van der Waals surface area (Å²) in [4.78, 5) is 21.3. The Kier molecular flexibility index (Phi) is 6.22. The first-order chi connectivity index (χ1) is 18.6. The fourth-order valence-corrected chi connectivity index (χ4v) is 5.14. The van der Waals surface area contributed by atoms with Crippen LogP contribution in [0.4, 0.5) is 0 Å². The van der Waals surface area contributed by atoms with Crippen molar-refractivity contribution in [1.82, 2.24) is 14.6 Å². The fraction of sp³-hybridized carbons (Fsp3) is 0.107. The molecular formula is C28H22N6O3S. The number of ether oxygens (including phenoxy) is 2. The molecule has 0 saturated heterocycles. The molecule has 0 atom stereocenters. The van der Waals surface area contributed by atoms with Gasteiger partial charge in [0.15, 0.2) is 5.84 Å². The molecule has 9 nitrogen and oxygen atoms in total. The molecular weight excluding hydrogens is 500 g/mol. The van der Waals surface area contributed by atoms with Crippen LogP contribution in [0, 0.1) is 5.41 Å². The molecule has 0 aliphatic carbocycles. The highest BCUT2D eigenvalue weighted by Crippen LogP contribution is 2.32. The molecule has 0 unspecified atom stereocenters. The number of hydrazone groups is 1. The van der Waals surface area contributed by atoms with Gasteiger partial charge in [0.2, 0.25) is 5.17 Å². The number of amidine groups is 2. The van der Waals surface area contributed by atoms with E-state index in [0.29, 0.717) is 23.4 Å². The molecule has 0 fully saturated rings. The first-order valence-corrected chi connectivity index (χ1v) is 12.7. The summed E-state index contributed by atoms with van der Waals surface area (Å²) in [7, 11) is 1.63. The Morgan fingerprint density at radius 2 is 1.87 bits per heavy atom. The number of fused-ring (bicyclic) bond motifs is 2. The Hall–Kier alpha value is -4.70. The van der Waals surface area contributed by atoms with Crippen molar-refractivity contribution < 1.29 is 14.3 Å². The summed E-state index contributed by atoms with van der Waals surface area (Å²) >= 11 is 1.25. The third-order valence-electron chi connectivity index (χ3n) is 6.14. The highest BCUT2D eigenvalue weighted by Gasteiger charge is 2.36. The molecule has 188 valence electrons. The SMILES string of the molecule is COc1ccc(OCCn2cc(C=C3C(=N)N4N=C(c5cccnc5)SC4=NC3=O)c3ccccc32)cc1. The molecule has 1 amide bonds. The van der Waals surface area contributed by atoms with Gasteiger partial charge in [0.25, 0.3) is 5.91 Å². The second-order valence-corrected chi connectivity index (χ2v) is 9.44. The van der Waals surface area contributed by atoms with Gasteiger partial charge in [0.05, 0.1) is 19.2 Å². The van der Waals surface area contributed by atoms with Crippen LogP contribution in [0.5, 0.6) is 11.5 Å². The number of carbonyl (C=O) groups is 1. The van der Waals surface area contributed by atoms with Crippen molar-refractivity contribution >= 4 is 50.7 Å². The van der Waals surface area contributed by atoms with E-state index in [-0.39, 0.29) is 11.4 Å². The molecule has 2 aromatic heterocycles. The maximum absolute atomic E-state index is 13.0. The lowest BCUT2D eigenvalue weighted by atomic mass is 10.1. The van der Waals surface area contributed by atoms with Gasteiger partial charge in [-0.3, -0.25) is 15.2 Å². The lowest BCUT2D eigenvalue weighted by molar-refractivity contribution is -0.114. The first kappa shape index (κ1) is 23.7. The summed E-state index contributed by atoms with van der Waals surface area (Å²) in [6.07, 6.45) is 7.07. The smallest absolute Gasteiger partial charge is 0.283 e. The number of pyridine rings is 1. The molecule has 4 aromatic rings. The van der Waals surface area contributed by atoms with Crippen molar-refractivity contribution in [2.45, 2.75) is 6.54 Å². The van der Waals surface area contributed by atoms with Crippen molar-refractivity contribution in [3.8, 4) is 11.5 Å². The van der Waals surface area contributed by atoms with Crippen LogP contribution in [0.1, 0.15) is 11.1 Å². The van der Waals surface area contributed by atoms with Gasteiger partial charge >= 0.3 is 0 Å². The van der Waals surface area contributed by atoms with Crippen LogP contribution in [0.15, 0.2) is 94.9 Å². The van der Waals surface area contributed by atoms with E-state index >= 15 is 0 Å². The number of aromatic nitrogens is 2. The lowest BCUT2D eigenvalue weighted by Crippen LogP contribution is -2.35. The molecule has 6 rings (SSSR count). The van der Waals surface area contributed by atoms with E-state index in [1.807, 2.05) is 66.9 Å². The highest BCUT2D eigenvalue weighted by molar-refractivity contribution is 8.27. The Labute approximate surface area is 222 Å². The fourth-order valence-electron chi connectivity index (χ4n) is 4.26. The number of rotatable bonds is 7. The molecule has 0 bridgehead atoms. The number of hydrogen-bond acceptors (Lipinski definition) is 7. The van der Waals surface area contributed by atoms with E-state index in [0.717, 1.165) is 33.5 Å². The summed E-state index contributed by atoms with van der Waals surface area (Å²) in [5, 5.41) is 16.7. The van der Waals surface area contributed by atoms with E-state index in [2.05, 4.69) is 19.6 Å². The van der Waals surface area contributed by atoms with Crippen molar-refractivity contribution in [3.05, 3.63) is 96.0 Å². The Bertz CT molecular complexity index is 1640. The highest BCUT2D eigenvalue weighted by atomic mass is 32.2. The van der Waals surface area contributed by atoms with E-state index in [9.17, 15) is 4.79 Å². The van der Waals surface area contributed by atoms with E-state index in [4.69, 9.17) is 14.9 Å². The third kappa shape index (κ3) is 4.46. The van der Waals surface area contributed by atoms with E-state index in [1.54, 1.807) is 25.6 Å². The van der Waals surface area contributed by atoms with Crippen LogP contribution in [0.2, 0.25) is 0 Å². The van der Waals surface area contributed by atoms with Crippen LogP contribution < -0.4 is 9.47 Å². The summed E-state index contributed by atoms with van der Waals surface area (Å²) in [5.74, 6) is 1.06. The number of aliphatic imine (C=N–C) groups is 1. The molecule has 0 saturated carbocycles. The number of nitrogens with zero attached hydrogens (tertiary/aromatic N) is 5. The monoisotopic (exact) mass is 522 g/mol. The minimum Gasteiger partial charge on any atom is -0.497 e. The van der Waals surface area contributed by atoms with Gasteiger partial charge in [-0.05, 0) is 60.3 Å². The molecule has 2 aliphatic heterocycles. The number of nitrogens with one attached hydrogen (secondary N) is 1. The van der Waals surface area contributed by atoms with Crippen molar-refractivity contribution in [2.75, 3.05) is 13.7 Å². The van der Waals surface area contributed by atoms with Gasteiger partial charge in [0, 0.05) is 40.6 Å². The Morgan fingerprint density at radius 1 is 1.05 bits per heavy atom. The van der Waals surface area contributed by atoms with Crippen LogP contribution >= 0.6 is 11.8 Å². The molecule has 0 spiro atoms. The Morgan fingerprint density at radius 3 is 2.66 bits per heavy atom. The zero-order valence-corrected chi connectivity index (χ0v) is 21.2. The normalized spacial score (nSPS) is 16.0. The average Bonchev–Trinajstić information content (AvgIpc) is 3.54. The van der Waals surface area contributed by atoms with E-state index < -0.39 is 5.91 Å². The maximum atomic E-state index is 13.0. The van der Waals surface area contributed by atoms with Gasteiger partial charge in [0.1, 0.15) is 23.1 Å². The predicted molar refractivity (Wildman–Crippen MR) is 149 cm³/mol. The molecule has 0 radical (unpaired) electrons. The minimum atomic E-state index is -0.462. The van der Waals surface area contributed by atoms with Crippen molar-refractivity contribution in [3.63, 3.8) is 0 Å². The topological polar surface area (TPSA) is 105 Å². The number of hydrogen-bond donors (Lipinski definition) is 1. The standard InChI is InChI=1S/C28H22N6O3S/c1-36-20-8-10-21(11-9-20)37-14-13-33-17-19(22-6-2-3-7-24(22)33)15-23-25(29)34-28(31-26(23)35)38-27(32-34)18-5-4-12-30-16-18/h2-12,15-17,29H,13-14H2,1H3. The zero-order chi connectivity index (χ0) is 26.1. The number of para-hydroxylation sites is 1. The largest absolute Gasteiger partial charge is 0.497 e. The molecule has 2 aliphatic rings. The average molecular weight is 523 g/mol. The summed E-state index contributed by atoms with van der Waals surface area (Å²) < 4.78 is 13.2. The predicted octanol–water partition coefficient (Wildman–Crippen LogP) is 4.79. The van der Waals surface area contributed by atoms with Crippen LogP contribution in [0.25, 0.3) is 17.0 Å². The lowest BCUT2D eigenvalue weighted by Gasteiger charge is -2.20. The third-order valence-corrected chi connectivity index (χ3v) is 7.10. The summed E-state index contributed by atoms with van der Waals surface area (Å²) in [5.41, 5.74) is 2.81. The number of benzene rings is 2. The van der Waals surface area contributed by atoms with Crippen molar-refractivity contribution in [2.24, 2.45) is 10.1 Å². The molecule has 1 N–H and O–H groups in total. The van der Waals surface area contributed by atoms with Gasteiger partial charge in [-0.1, -0.05) is 18.2 Å². The molecule has 38 heavy (non-hydrogen) atoms. The first-order valence-electron chi connectivity index (χ1n) is 11.9. The maximum Gasteiger partial charge on any atom is 0.283 e. The second kappa shape index (κ2) is 9.98. The minimum absolute atomic E-state index is 0.00828. The molecule has 4 heterocycles. The second-order valence-electron chi connectivity index (χ2n) is 8.49. The van der Waals surface area contributed by atoms with Crippen molar-refractivity contribution in [1.29, 1.82) is 5.41 Å². The van der Waals surface area contributed by atoms with Crippen LogP contribution in [0.3, 0.4) is 0 Å². The number of amides is 1. The number of carbonyl (C=O) groups excluding carboxylic acids is 1. The summed E-state index contributed by atoms with van der Waals surface area (Å²) in [6.45, 7) is 1.06. The quantitative estimate of drug-likeness (QED) is 0.350. The van der Waals surface area contributed by atoms with Gasteiger partial charge < -0.3 is 14.0 Å². The molecule has 2 aromatic carbocycles. The zero-order valence-electron chi connectivity index (χ0n) is 20.4.